The van der Waals surface area contributed by atoms with Gasteiger partial charge < -0.3 is 15.0 Å². The van der Waals surface area contributed by atoms with Gasteiger partial charge in [0.05, 0.1) is 12.7 Å². The van der Waals surface area contributed by atoms with Gasteiger partial charge in [-0.05, 0) is 61.4 Å². The molecule has 32 heavy (non-hydrogen) atoms. The van der Waals surface area contributed by atoms with E-state index in [-0.39, 0.29) is 23.8 Å². The second kappa shape index (κ2) is 9.98. The fraction of sp³-hybridized carbons (Fsp3) is 0.423. The summed E-state index contributed by atoms with van der Waals surface area (Å²) in [6, 6.07) is 16.2. The van der Waals surface area contributed by atoms with Crippen LogP contribution in [0.25, 0.3) is 0 Å². The van der Waals surface area contributed by atoms with Crippen LogP contribution in [0.1, 0.15) is 58.4 Å². The quantitative estimate of drug-likeness (QED) is 0.705. The highest BCUT2D eigenvalue weighted by atomic mass is 16.5. The summed E-state index contributed by atoms with van der Waals surface area (Å²) < 4.78 is 4.72. The average Bonchev–Trinajstić information content (AvgIpc) is 3.24. The molecule has 2 fully saturated rings. The highest BCUT2D eigenvalue weighted by Crippen LogP contribution is 2.40. The average molecular weight is 435 g/mol. The van der Waals surface area contributed by atoms with Gasteiger partial charge in [0.2, 0.25) is 5.91 Å². The van der Waals surface area contributed by atoms with Crippen LogP contribution in [0.2, 0.25) is 0 Å². The van der Waals surface area contributed by atoms with Crippen LogP contribution in [0.3, 0.4) is 0 Å². The van der Waals surface area contributed by atoms with E-state index in [1.807, 2.05) is 47.4 Å². The summed E-state index contributed by atoms with van der Waals surface area (Å²) in [6.45, 7) is 0.482. The Bertz CT molecular complexity index is 958. The molecule has 1 aliphatic heterocycles. The molecule has 2 aromatic rings. The Morgan fingerprint density at radius 3 is 2.41 bits per heavy atom. The topological polar surface area (TPSA) is 75.7 Å². The molecule has 1 saturated heterocycles. The number of hydrogen-bond donors (Lipinski definition) is 1. The summed E-state index contributed by atoms with van der Waals surface area (Å²) in [6.07, 6.45) is 5.72. The molecule has 1 saturated carbocycles. The first-order valence-electron chi connectivity index (χ1n) is 11.4. The summed E-state index contributed by atoms with van der Waals surface area (Å²) >= 11 is 0. The first-order valence-corrected chi connectivity index (χ1v) is 11.4. The van der Waals surface area contributed by atoms with Gasteiger partial charge in [0.25, 0.3) is 5.91 Å². The van der Waals surface area contributed by atoms with Crippen molar-refractivity contribution in [3.63, 3.8) is 0 Å². The van der Waals surface area contributed by atoms with E-state index in [4.69, 9.17) is 4.74 Å². The van der Waals surface area contributed by atoms with E-state index >= 15 is 0 Å². The highest BCUT2D eigenvalue weighted by molar-refractivity contribution is 5.98. The fourth-order valence-electron chi connectivity index (χ4n) is 5.09. The molecular formula is C26H30N2O4. The Hall–Kier alpha value is -3.15. The molecule has 4 rings (SSSR count). The molecule has 6 nitrogen and oxygen atoms in total. The maximum absolute atomic E-state index is 13.3. The van der Waals surface area contributed by atoms with E-state index in [0.29, 0.717) is 30.0 Å². The molecule has 0 aromatic heterocycles. The third-order valence-corrected chi connectivity index (χ3v) is 6.73. The standard InChI is InChI=1S/C26H30N2O4/c1-32-26(31)20-13-11-18(12-14-20)15-16-27-24(29)23-17-21-9-5-6-10-22(21)28(23)25(30)19-7-3-2-4-8-19/h2-4,7-8,11-14,21-23H,5-6,9-10,15-17H2,1H3,(H,27,29). The van der Waals surface area contributed by atoms with Crippen LogP contribution in [0.15, 0.2) is 54.6 Å². The van der Waals surface area contributed by atoms with Gasteiger partial charge in [-0.15, -0.1) is 0 Å². The molecule has 3 unspecified atom stereocenters. The van der Waals surface area contributed by atoms with Crippen molar-refractivity contribution < 1.29 is 19.1 Å². The molecule has 1 heterocycles. The number of rotatable bonds is 6. The van der Waals surface area contributed by atoms with Gasteiger partial charge in [-0.3, -0.25) is 9.59 Å². The molecule has 0 spiro atoms. The van der Waals surface area contributed by atoms with Crippen molar-refractivity contribution in [2.75, 3.05) is 13.7 Å². The zero-order valence-corrected chi connectivity index (χ0v) is 18.5. The Balaban J connectivity index is 1.40. The number of esters is 1. The molecule has 6 heteroatoms. The van der Waals surface area contributed by atoms with E-state index < -0.39 is 6.04 Å². The predicted molar refractivity (Wildman–Crippen MR) is 121 cm³/mol. The minimum absolute atomic E-state index is 0.0430. The van der Waals surface area contributed by atoms with Gasteiger partial charge in [-0.2, -0.15) is 0 Å². The summed E-state index contributed by atoms with van der Waals surface area (Å²) in [4.78, 5) is 39.9. The second-order valence-electron chi connectivity index (χ2n) is 8.67. The molecule has 2 amide bonds. The molecule has 0 bridgehead atoms. The number of methoxy groups -OCH3 is 1. The van der Waals surface area contributed by atoms with Crippen molar-refractivity contribution in [1.29, 1.82) is 0 Å². The van der Waals surface area contributed by atoms with Crippen LogP contribution in [0.4, 0.5) is 0 Å². The van der Waals surface area contributed by atoms with E-state index in [2.05, 4.69) is 5.32 Å². The fourth-order valence-corrected chi connectivity index (χ4v) is 5.09. The minimum atomic E-state index is -0.419. The minimum Gasteiger partial charge on any atom is -0.465 e. The predicted octanol–water partition coefficient (Wildman–Crippen LogP) is 3.61. The lowest BCUT2D eigenvalue weighted by Gasteiger charge is -2.33. The van der Waals surface area contributed by atoms with Gasteiger partial charge in [-0.25, -0.2) is 4.79 Å². The van der Waals surface area contributed by atoms with Gasteiger partial charge in [0.15, 0.2) is 0 Å². The second-order valence-corrected chi connectivity index (χ2v) is 8.67. The lowest BCUT2D eigenvalue weighted by molar-refractivity contribution is -0.125. The number of fused-ring (bicyclic) bond motifs is 1. The van der Waals surface area contributed by atoms with E-state index in [1.165, 1.54) is 13.5 Å². The first kappa shape index (κ1) is 22.1. The van der Waals surface area contributed by atoms with Crippen LogP contribution in [-0.2, 0) is 16.0 Å². The van der Waals surface area contributed by atoms with Crippen LogP contribution in [0, 0.1) is 5.92 Å². The number of nitrogens with zero attached hydrogens (tertiary/aromatic N) is 1. The number of carbonyl (C=O) groups excluding carboxylic acids is 3. The monoisotopic (exact) mass is 434 g/mol. The molecule has 2 aromatic carbocycles. The third-order valence-electron chi connectivity index (χ3n) is 6.73. The summed E-state index contributed by atoms with van der Waals surface area (Å²) in [5.74, 6) is -0.0813. The molecular weight excluding hydrogens is 404 g/mol. The van der Waals surface area contributed by atoms with Crippen LogP contribution in [0.5, 0.6) is 0 Å². The van der Waals surface area contributed by atoms with Crippen molar-refractivity contribution in [3.8, 4) is 0 Å². The van der Waals surface area contributed by atoms with E-state index in [9.17, 15) is 14.4 Å². The molecule has 1 N–H and O–H groups in total. The zero-order chi connectivity index (χ0) is 22.5. The zero-order valence-electron chi connectivity index (χ0n) is 18.5. The smallest absolute Gasteiger partial charge is 0.337 e. The van der Waals surface area contributed by atoms with Crippen LogP contribution in [-0.4, -0.2) is 48.4 Å². The van der Waals surface area contributed by atoms with Crippen molar-refractivity contribution >= 4 is 17.8 Å². The van der Waals surface area contributed by atoms with Gasteiger partial charge >= 0.3 is 5.97 Å². The van der Waals surface area contributed by atoms with Gasteiger partial charge in [0, 0.05) is 18.2 Å². The lowest BCUT2D eigenvalue weighted by Crippen LogP contribution is -2.49. The number of hydrogen-bond acceptors (Lipinski definition) is 4. The van der Waals surface area contributed by atoms with E-state index in [0.717, 1.165) is 31.2 Å². The number of amides is 2. The maximum atomic E-state index is 13.3. The normalized spacial score (nSPS) is 22.2. The lowest BCUT2D eigenvalue weighted by atomic mass is 9.84. The van der Waals surface area contributed by atoms with Crippen LogP contribution >= 0.6 is 0 Å². The molecule has 2 aliphatic rings. The highest BCUT2D eigenvalue weighted by Gasteiger charge is 2.47. The van der Waals surface area contributed by atoms with E-state index in [1.54, 1.807) is 12.1 Å². The van der Waals surface area contributed by atoms with Gasteiger partial charge in [0.1, 0.15) is 6.04 Å². The molecule has 168 valence electrons. The van der Waals surface area contributed by atoms with Crippen molar-refractivity contribution in [2.45, 2.75) is 50.6 Å². The summed E-state index contributed by atoms with van der Waals surface area (Å²) in [5.41, 5.74) is 2.17. The molecule has 0 radical (unpaired) electrons. The summed E-state index contributed by atoms with van der Waals surface area (Å²) in [5, 5.41) is 3.04. The Kier molecular flexibility index (Phi) is 6.88. The Labute approximate surface area is 188 Å². The number of ether oxygens (including phenoxy) is 1. The SMILES string of the molecule is COC(=O)c1ccc(CCNC(=O)C2CC3CCCCC3N2C(=O)c2ccccc2)cc1. The van der Waals surface area contributed by atoms with Crippen molar-refractivity contribution in [2.24, 2.45) is 5.92 Å². The molecule has 1 aliphatic carbocycles. The Morgan fingerprint density at radius 2 is 1.69 bits per heavy atom. The summed E-state index contributed by atoms with van der Waals surface area (Å²) in [7, 11) is 1.36. The largest absolute Gasteiger partial charge is 0.465 e. The third kappa shape index (κ3) is 4.69. The number of carbonyl (C=O) groups is 3. The van der Waals surface area contributed by atoms with Crippen molar-refractivity contribution in [1.82, 2.24) is 10.2 Å². The first-order chi connectivity index (χ1) is 15.6. The van der Waals surface area contributed by atoms with Crippen LogP contribution < -0.4 is 5.32 Å². The van der Waals surface area contributed by atoms with Crippen molar-refractivity contribution in [3.05, 3.63) is 71.3 Å². The number of nitrogens with one attached hydrogen (secondary N) is 1. The Morgan fingerprint density at radius 1 is 0.969 bits per heavy atom. The van der Waals surface area contributed by atoms with Gasteiger partial charge in [-0.1, -0.05) is 43.2 Å². The molecule has 3 atom stereocenters. The number of likely N-dealkylation sites (tertiary alicyclic amines) is 1. The maximum Gasteiger partial charge on any atom is 0.337 e. The number of benzene rings is 2.